The summed E-state index contributed by atoms with van der Waals surface area (Å²) in [6, 6.07) is 6.84. The van der Waals surface area contributed by atoms with Crippen molar-refractivity contribution in [1.82, 2.24) is 4.31 Å². The quantitative estimate of drug-likeness (QED) is 0.679. The molecule has 1 aromatic carbocycles. The van der Waals surface area contributed by atoms with Gasteiger partial charge in [-0.1, -0.05) is 17.7 Å². The van der Waals surface area contributed by atoms with Gasteiger partial charge >= 0.3 is 5.97 Å². The Morgan fingerprint density at radius 3 is 2.33 bits per heavy atom. The van der Waals surface area contributed by atoms with Crippen LogP contribution in [-0.2, 0) is 29.1 Å². The van der Waals surface area contributed by atoms with Gasteiger partial charge in [0.1, 0.15) is 18.3 Å². The van der Waals surface area contributed by atoms with E-state index in [0.717, 1.165) is 5.56 Å². The van der Waals surface area contributed by atoms with Crippen LogP contribution in [0.2, 0.25) is 0 Å². The molecule has 0 bridgehead atoms. The molecule has 2 spiro atoms. The molecule has 0 aromatic heterocycles. The minimum atomic E-state index is -3.59. The number of sulfonamides is 1. The molecule has 2 saturated heterocycles. The molecule has 30 heavy (non-hydrogen) atoms. The normalized spacial score (nSPS) is 24.7. The average molecular weight is 432 g/mol. The van der Waals surface area contributed by atoms with Gasteiger partial charge in [0.2, 0.25) is 10.0 Å². The highest BCUT2D eigenvalue weighted by atomic mass is 32.2. The van der Waals surface area contributed by atoms with E-state index in [0.29, 0.717) is 25.9 Å². The SMILES string of the molecule is CC(=O)OCC1OC2(C=CC(=O)C=C2)C12CCN(S(=O)(=O)c1ccc(C)cc1)CC2. The Labute approximate surface area is 176 Å². The maximum absolute atomic E-state index is 13.1. The van der Waals surface area contributed by atoms with Crippen molar-refractivity contribution in [3.8, 4) is 0 Å². The van der Waals surface area contributed by atoms with Gasteiger partial charge in [0, 0.05) is 25.4 Å². The lowest BCUT2D eigenvalue weighted by atomic mass is 9.57. The lowest BCUT2D eigenvalue weighted by Gasteiger charge is -2.64. The molecule has 1 aromatic rings. The van der Waals surface area contributed by atoms with Gasteiger partial charge < -0.3 is 9.47 Å². The van der Waals surface area contributed by atoms with E-state index in [-0.39, 0.29) is 29.4 Å². The first-order valence-corrected chi connectivity index (χ1v) is 11.4. The Morgan fingerprint density at radius 1 is 1.17 bits per heavy atom. The van der Waals surface area contributed by atoms with Crippen LogP contribution in [-0.4, -0.2) is 55.9 Å². The molecule has 1 atom stereocenters. The number of ether oxygens (including phenoxy) is 2. The van der Waals surface area contributed by atoms with E-state index in [1.54, 1.807) is 36.4 Å². The fraction of sp³-hybridized carbons (Fsp3) is 0.455. The fourth-order valence-corrected chi connectivity index (χ4v) is 6.12. The molecule has 0 saturated carbocycles. The second kappa shape index (κ2) is 7.44. The van der Waals surface area contributed by atoms with Crippen LogP contribution < -0.4 is 0 Å². The fourth-order valence-electron chi connectivity index (χ4n) is 4.68. The number of benzene rings is 1. The highest BCUT2D eigenvalue weighted by Crippen LogP contribution is 2.59. The number of aryl methyl sites for hydroxylation is 1. The second-order valence-corrected chi connectivity index (χ2v) is 10.1. The number of esters is 1. The summed E-state index contributed by atoms with van der Waals surface area (Å²) < 4.78 is 39.0. The van der Waals surface area contributed by atoms with Crippen molar-refractivity contribution in [1.29, 1.82) is 0 Å². The summed E-state index contributed by atoms with van der Waals surface area (Å²) >= 11 is 0. The molecule has 3 aliphatic rings. The average Bonchev–Trinajstić information content (AvgIpc) is 2.72. The second-order valence-electron chi connectivity index (χ2n) is 8.14. The first-order chi connectivity index (χ1) is 14.2. The number of fused-ring (bicyclic) bond motifs is 1. The van der Waals surface area contributed by atoms with Gasteiger partial charge in [0.25, 0.3) is 0 Å². The first kappa shape index (κ1) is 21.0. The predicted molar refractivity (Wildman–Crippen MR) is 109 cm³/mol. The molecule has 1 aliphatic carbocycles. The summed E-state index contributed by atoms with van der Waals surface area (Å²) in [5.74, 6) is -0.499. The number of hydrogen-bond donors (Lipinski definition) is 0. The van der Waals surface area contributed by atoms with Crippen LogP contribution in [0.3, 0.4) is 0 Å². The van der Waals surface area contributed by atoms with Gasteiger partial charge in [-0.15, -0.1) is 0 Å². The van der Waals surface area contributed by atoms with Crippen molar-refractivity contribution in [2.24, 2.45) is 5.41 Å². The Morgan fingerprint density at radius 2 is 1.77 bits per heavy atom. The molecule has 2 fully saturated rings. The highest BCUT2D eigenvalue weighted by molar-refractivity contribution is 7.89. The third kappa shape index (κ3) is 3.33. The van der Waals surface area contributed by atoms with Crippen molar-refractivity contribution in [3.05, 3.63) is 54.1 Å². The van der Waals surface area contributed by atoms with Gasteiger partial charge in [0.05, 0.1) is 4.90 Å². The summed E-state index contributed by atoms with van der Waals surface area (Å²) in [6.07, 6.45) is 7.19. The zero-order valence-corrected chi connectivity index (χ0v) is 17.9. The summed E-state index contributed by atoms with van der Waals surface area (Å²) in [7, 11) is -3.59. The maximum Gasteiger partial charge on any atom is 0.302 e. The van der Waals surface area contributed by atoms with Crippen LogP contribution in [0.1, 0.15) is 25.3 Å². The minimum absolute atomic E-state index is 0.109. The Hall–Kier alpha value is -2.29. The number of carbonyl (C=O) groups is 2. The molecular formula is C22H25NO6S. The van der Waals surface area contributed by atoms with Gasteiger partial charge in [-0.2, -0.15) is 4.31 Å². The Kier molecular flexibility index (Phi) is 5.20. The number of piperidine rings is 1. The highest BCUT2D eigenvalue weighted by Gasteiger charge is 2.66. The molecular weight excluding hydrogens is 406 g/mol. The van der Waals surface area contributed by atoms with E-state index in [1.807, 2.05) is 6.92 Å². The number of carbonyl (C=O) groups excluding carboxylic acids is 2. The van der Waals surface area contributed by atoms with E-state index in [9.17, 15) is 18.0 Å². The summed E-state index contributed by atoms with van der Waals surface area (Å²) in [5.41, 5.74) is -0.209. The number of rotatable bonds is 4. The van der Waals surface area contributed by atoms with Crippen LogP contribution in [0.4, 0.5) is 0 Å². The molecule has 8 heteroatoms. The van der Waals surface area contributed by atoms with E-state index < -0.39 is 21.0 Å². The Bertz CT molecular complexity index is 1000. The zero-order valence-electron chi connectivity index (χ0n) is 17.0. The molecule has 2 heterocycles. The third-order valence-electron chi connectivity index (χ3n) is 6.43. The standard InChI is InChI=1S/C22H25NO6S/c1-16-3-5-19(6-4-16)30(26,27)23-13-11-21(12-14-23)20(15-28-17(2)24)29-22(21)9-7-18(25)8-10-22/h3-10,20H,11-15H2,1-2H3. The number of allylic oxidation sites excluding steroid dienone is 2. The van der Waals surface area contributed by atoms with Crippen molar-refractivity contribution >= 4 is 21.8 Å². The van der Waals surface area contributed by atoms with Crippen molar-refractivity contribution in [3.63, 3.8) is 0 Å². The molecule has 2 aliphatic heterocycles. The molecule has 0 amide bonds. The maximum atomic E-state index is 13.1. The van der Waals surface area contributed by atoms with E-state index in [2.05, 4.69) is 0 Å². The van der Waals surface area contributed by atoms with Gasteiger partial charge in [-0.3, -0.25) is 9.59 Å². The smallest absolute Gasteiger partial charge is 0.302 e. The lowest BCUT2D eigenvalue weighted by Crippen LogP contribution is -2.71. The van der Waals surface area contributed by atoms with Crippen LogP contribution in [0.25, 0.3) is 0 Å². The van der Waals surface area contributed by atoms with Crippen molar-refractivity contribution in [2.45, 2.75) is 43.3 Å². The molecule has 4 rings (SSSR count). The topological polar surface area (TPSA) is 90.0 Å². The predicted octanol–water partition coefficient (Wildman–Crippen LogP) is 2.16. The minimum Gasteiger partial charge on any atom is -0.463 e. The van der Waals surface area contributed by atoms with Crippen LogP contribution in [0.5, 0.6) is 0 Å². The van der Waals surface area contributed by atoms with E-state index >= 15 is 0 Å². The monoisotopic (exact) mass is 431 g/mol. The van der Waals surface area contributed by atoms with Crippen molar-refractivity contribution in [2.75, 3.05) is 19.7 Å². The van der Waals surface area contributed by atoms with Gasteiger partial charge in [-0.05, 0) is 56.2 Å². The first-order valence-electron chi connectivity index (χ1n) is 9.99. The van der Waals surface area contributed by atoms with Gasteiger partial charge in [-0.25, -0.2) is 8.42 Å². The third-order valence-corrected chi connectivity index (χ3v) is 8.35. The number of ketones is 1. The molecule has 7 nitrogen and oxygen atoms in total. The molecule has 1 unspecified atom stereocenters. The number of hydrogen-bond acceptors (Lipinski definition) is 6. The summed E-state index contributed by atoms with van der Waals surface area (Å²) in [4.78, 5) is 23.2. The summed E-state index contributed by atoms with van der Waals surface area (Å²) in [6.45, 7) is 4.02. The molecule has 0 radical (unpaired) electrons. The van der Waals surface area contributed by atoms with Crippen molar-refractivity contribution < 1.29 is 27.5 Å². The van der Waals surface area contributed by atoms with E-state index in [4.69, 9.17) is 9.47 Å². The number of nitrogens with zero attached hydrogens (tertiary/aromatic N) is 1. The van der Waals surface area contributed by atoms with E-state index in [1.165, 1.54) is 23.4 Å². The van der Waals surface area contributed by atoms with Crippen LogP contribution >= 0.6 is 0 Å². The molecule has 0 N–H and O–H groups in total. The van der Waals surface area contributed by atoms with Crippen LogP contribution in [0.15, 0.2) is 53.5 Å². The zero-order chi connectivity index (χ0) is 21.6. The largest absolute Gasteiger partial charge is 0.463 e. The summed E-state index contributed by atoms with van der Waals surface area (Å²) in [5, 5.41) is 0. The van der Waals surface area contributed by atoms with Gasteiger partial charge in [0.15, 0.2) is 5.78 Å². The Balaban J connectivity index is 1.56. The van der Waals surface area contributed by atoms with Crippen LogP contribution in [0, 0.1) is 12.3 Å². The lowest BCUT2D eigenvalue weighted by molar-refractivity contribution is -0.296. The molecule has 160 valence electrons.